The van der Waals surface area contributed by atoms with E-state index in [0.717, 1.165) is 0 Å². The van der Waals surface area contributed by atoms with Crippen molar-refractivity contribution in [1.82, 2.24) is 9.80 Å². The molecule has 6 heteroatoms. The molecular formula is C14H18FN3O2. The number of likely N-dealkylation sites (N-methyl/N-ethyl adjacent to an activating group) is 1. The molecule has 1 aliphatic rings. The van der Waals surface area contributed by atoms with Crippen LogP contribution in [-0.4, -0.2) is 41.2 Å². The quantitative estimate of drug-likeness (QED) is 0.871. The van der Waals surface area contributed by atoms with E-state index in [0.29, 0.717) is 17.7 Å². The highest BCUT2D eigenvalue weighted by molar-refractivity contribution is 5.92. The van der Waals surface area contributed by atoms with Crippen LogP contribution in [0.15, 0.2) is 18.2 Å². The summed E-state index contributed by atoms with van der Waals surface area (Å²) in [7, 11) is 0. The molecule has 1 aromatic rings. The van der Waals surface area contributed by atoms with Crippen molar-refractivity contribution >= 4 is 11.8 Å². The second kappa shape index (κ2) is 6.00. The molecule has 0 aromatic heterocycles. The van der Waals surface area contributed by atoms with Gasteiger partial charge in [0.1, 0.15) is 12.4 Å². The van der Waals surface area contributed by atoms with E-state index in [1.165, 1.54) is 9.80 Å². The molecule has 1 heterocycles. The summed E-state index contributed by atoms with van der Waals surface area (Å²) < 4.78 is 14.1. The molecule has 0 unspecified atom stereocenters. The van der Waals surface area contributed by atoms with Gasteiger partial charge in [-0.1, -0.05) is 18.2 Å². The first-order valence-corrected chi connectivity index (χ1v) is 6.58. The van der Waals surface area contributed by atoms with Crippen molar-refractivity contribution < 1.29 is 14.0 Å². The van der Waals surface area contributed by atoms with E-state index in [1.54, 1.807) is 18.2 Å². The van der Waals surface area contributed by atoms with Crippen LogP contribution in [0.25, 0.3) is 0 Å². The van der Waals surface area contributed by atoms with Crippen molar-refractivity contribution in [3.8, 4) is 0 Å². The molecule has 108 valence electrons. The van der Waals surface area contributed by atoms with Gasteiger partial charge in [-0.25, -0.2) is 4.39 Å². The number of amides is 2. The van der Waals surface area contributed by atoms with Gasteiger partial charge >= 0.3 is 0 Å². The zero-order valence-electron chi connectivity index (χ0n) is 11.4. The fraction of sp³-hybridized carbons (Fsp3) is 0.429. The highest BCUT2D eigenvalue weighted by Crippen LogP contribution is 2.16. The highest BCUT2D eigenvalue weighted by atomic mass is 19.1. The van der Waals surface area contributed by atoms with Gasteiger partial charge in [0.15, 0.2) is 0 Å². The first-order valence-electron chi connectivity index (χ1n) is 6.58. The minimum absolute atomic E-state index is 0.00103. The first-order chi connectivity index (χ1) is 9.56. The number of piperazine rings is 1. The monoisotopic (exact) mass is 279 g/mol. The second-order valence-electron chi connectivity index (χ2n) is 4.75. The number of carbonyl (C=O) groups is 2. The molecule has 1 fully saturated rings. The van der Waals surface area contributed by atoms with E-state index in [-0.39, 0.29) is 38.0 Å². The van der Waals surface area contributed by atoms with Crippen molar-refractivity contribution in [2.45, 2.75) is 20.0 Å². The van der Waals surface area contributed by atoms with E-state index < -0.39 is 5.82 Å². The molecule has 1 saturated heterocycles. The van der Waals surface area contributed by atoms with Gasteiger partial charge in [0.2, 0.25) is 11.8 Å². The third-order valence-corrected chi connectivity index (χ3v) is 3.48. The van der Waals surface area contributed by atoms with E-state index in [1.807, 2.05) is 6.92 Å². The summed E-state index contributed by atoms with van der Waals surface area (Å²) in [6, 6.07) is 4.93. The number of hydrogen-bond acceptors (Lipinski definition) is 3. The van der Waals surface area contributed by atoms with Crippen molar-refractivity contribution in [2.24, 2.45) is 5.73 Å². The molecule has 1 aromatic carbocycles. The van der Waals surface area contributed by atoms with Gasteiger partial charge in [-0.2, -0.15) is 0 Å². The second-order valence-corrected chi connectivity index (χ2v) is 4.75. The van der Waals surface area contributed by atoms with Crippen molar-refractivity contribution in [3.63, 3.8) is 0 Å². The molecular weight excluding hydrogens is 261 g/mol. The molecule has 0 bridgehead atoms. The summed E-state index contributed by atoms with van der Waals surface area (Å²) in [5.41, 5.74) is 6.26. The minimum Gasteiger partial charge on any atom is -0.332 e. The zero-order valence-corrected chi connectivity index (χ0v) is 11.4. The number of halogens is 1. The van der Waals surface area contributed by atoms with E-state index in [9.17, 15) is 14.0 Å². The minimum atomic E-state index is -0.395. The third-order valence-electron chi connectivity index (χ3n) is 3.48. The van der Waals surface area contributed by atoms with Gasteiger partial charge in [0.05, 0.1) is 6.54 Å². The normalized spacial score (nSPS) is 15.9. The fourth-order valence-corrected chi connectivity index (χ4v) is 2.25. The van der Waals surface area contributed by atoms with Gasteiger partial charge < -0.3 is 15.5 Å². The van der Waals surface area contributed by atoms with Crippen molar-refractivity contribution in [3.05, 3.63) is 35.1 Å². The first kappa shape index (κ1) is 14.5. The molecule has 20 heavy (non-hydrogen) atoms. The Morgan fingerprint density at radius 2 is 1.75 bits per heavy atom. The Morgan fingerprint density at radius 3 is 2.40 bits per heavy atom. The molecule has 0 spiro atoms. The SMILES string of the molecule is CCN1CC(=O)N(Cc2cccc(CN)c2F)CC1=O. The third kappa shape index (κ3) is 2.80. The van der Waals surface area contributed by atoms with E-state index >= 15 is 0 Å². The maximum atomic E-state index is 14.1. The van der Waals surface area contributed by atoms with Crippen molar-refractivity contribution in [1.29, 1.82) is 0 Å². The molecule has 0 atom stereocenters. The standard InChI is InChI=1S/C14H18FN3O2/c1-2-17-8-13(20)18(9-12(17)19)7-11-5-3-4-10(6-16)14(11)15/h3-5H,2,6-9,16H2,1H3. The largest absolute Gasteiger partial charge is 0.332 e. The summed E-state index contributed by atoms with van der Waals surface area (Å²) in [6.45, 7) is 2.60. The van der Waals surface area contributed by atoms with E-state index in [2.05, 4.69) is 0 Å². The average Bonchev–Trinajstić information content (AvgIpc) is 2.44. The molecule has 0 saturated carbocycles. The van der Waals surface area contributed by atoms with Crippen LogP contribution >= 0.6 is 0 Å². The van der Waals surface area contributed by atoms with E-state index in [4.69, 9.17) is 5.73 Å². The lowest BCUT2D eigenvalue weighted by Crippen LogP contribution is -2.53. The van der Waals surface area contributed by atoms with Gasteiger partial charge in [-0.15, -0.1) is 0 Å². The van der Waals surface area contributed by atoms with Crippen LogP contribution in [0.1, 0.15) is 18.1 Å². The zero-order chi connectivity index (χ0) is 14.7. The Kier molecular flexibility index (Phi) is 4.34. The van der Waals surface area contributed by atoms with Crippen LogP contribution in [0.2, 0.25) is 0 Å². The summed E-state index contributed by atoms with van der Waals surface area (Å²) in [5.74, 6) is -0.667. The Balaban J connectivity index is 2.14. The van der Waals surface area contributed by atoms with Gasteiger partial charge in [0.25, 0.3) is 0 Å². The van der Waals surface area contributed by atoms with Crippen LogP contribution in [0.5, 0.6) is 0 Å². The van der Waals surface area contributed by atoms with Crippen LogP contribution in [0.3, 0.4) is 0 Å². The number of hydrogen-bond donors (Lipinski definition) is 1. The maximum absolute atomic E-state index is 14.1. The number of carbonyl (C=O) groups excluding carboxylic acids is 2. The lowest BCUT2D eigenvalue weighted by atomic mass is 10.1. The number of nitrogens with two attached hydrogens (primary N) is 1. The Labute approximate surface area is 117 Å². The Hall–Kier alpha value is -1.95. The maximum Gasteiger partial charge on any atom is 0.242 e. The van der Waals surface area contributed by atoms with Gasteiger partial charge in [-0.3, -0.25) is 9.59 Å². The molecule has 2 amide bonds. The molecule has 5 nitrogen and oxygen atoms in total. The van der Waals surface area contributed by atoms with Gasteiger partial charge in [-0.05, 0) is 6.92 Å². The van der Waals surface area contributed by atoms with Gasteiger partial charge in [0, 0.05) is 30.8 Å². The molecule has 2 N–H and O–H groups in total. The Morgan fingerprint density at radius 1 is 1.15 bits per heavy atom. The fourth-order valence-electron chi connectivity index (χ4n) is 2.25. The highest BCUT2D eigenvalue weighted by Gasteiger charge is 2.29. The lowest BCUT2D eigenvalue weighted by molar-refractivity contribution is -0.150. The predicted molar refractivity (Wildman–Crippen MR) is 72.0 cm³/mol. The smallest absolute Gasteiger partial charge is 0.242 e. The molecule has 0 aliphatic carbocycles. The number of nitrogens with zero attached hydrogens (tertiary/aromatic N) is 2. The molecule has 2 rings (SSSR count). The summed E-state index contributed by atoms with van der Waals surface area (Å²) >= 11 is 0. The van der Waals surface area contributed by atoms with Crippen LogP contribution < -0.4 is 5.73 Å². The Bertz CT molecular complexity index is 533. The summed E-state index contributed by atoms with van der Waals surface area (Å²) in [5, 5.41) is 0. The predicted octanol–water partition coefficient (Wildman–Crippen LogP) is 0.475. The van der Waals surface area contributed by atoms with Crippen LogP contribution in [-0.2, 0) is 22.7 Å². The number of rotatable bonds is 4. The summed E-state index contributed by atoms with van der Waals surface area (Å²) in [6.07, 6.45) is 0. The molecule has 0 radical (unpaired) electrons. The topological polar surface area (TPSA) is 66.6 Å². The lowest BCUT2D eigenvalue weighted by Gasteiger charge is -2.33. The molecule has 1 aliphatic heterocycles. The van der Waals surface area contributed by atoms with Crippen LogP contribution in [0.4, 0.5) is 4.39 Å². The number of benzene rings is 1. The average molecular weight is 279 g/mol. The summed E-state index contributed by atoms with van der Waals surface area (Å²) in [4.78, 5) is 26.6. The van der Waals surface area contributed by atoms with Crippen molar-refractivity contribution in [2.75, 3.05) is 19.6 Å². The van der Waals surface area contributed by atoms with Crippen LogP contribution in [0, 0.1) is 5.82 Å².